The molecule has 0 spiro atoms. The van der Waals surface area contributed by atoms with Crippen LogP contribution in [0.15, 0.2) is 42.7 Å². The van der Waals surface area contributed by atoms with Crippen LogP contribution in [-0.2, 0) is 7.05 Å². The highest BCUT2D eigenvalue weighted by Crippen LogP contribution is 2.25. The minimum atomic E-state index is 0.516. The van der Waals surface area contributed by atoms with E-state index in [1.54, 1.807) is 0 Å². The van der Waals surface area contributed by atoms with Crippen LogP contribution in [0.5, 0.6) is 0 Å². The molecule has 0 fully saturated rings. The summed E-state index contributed by atoms with van der Waals surface area (Å²) < 4.78 is 1.89. The van der Waals surface area contributed by atoms with Gasteiger partial charge in [0.2, 0.25) is 0 Å². The van der Waals surface area contributed by atoms with Crippen molar-refractivity contribution in [2.45, 2.75) is 19.8 Å². The van der Waals surface area contributed by atoms with E-state index in [1.807, 2.05) is 24.1 Å². The number of rotatable bonds is 2. The molecule has 0 bridgehead atoms. The number of nitrogens with zero attached hydrogens (tertiary/aromatic N) is 3. The van der Waals surface area contributed by atoms with Crippen molar-refractivity contribution in [3.63, 3.8) is 0 Å². The van der Waals surface area contributed by atoms with Gasteiger partial charge in [-0.1, -0.05) is 26.0 Å². The average Bonchev–Trinajstić information content (AvgIpc) is 2.80. The average molecular weight is 251 g/mol. The van der Waals surface area contributed by atoms with E-state index in [0.29, 0.717) is 5.92 Å². The molecule has 0 amide bonds. The van der Waals surface area contributed by atoms with Gasteiger partial charge in [-0.05, 0) is 29.7 Å². The number of hydrogen-bond acceptors (Lipinski definition) is 2. The summed E-state index contributed by atoms with van der Waals surface area (Å²) in [5.74, 6) is 0.516. The van der Waals surface area contributed by atoms with E-state index in [1.165, 1.54) is 5.56 Å². The Morgan fingerprint density at radius 3 is 2.74 bits per heavy atom. The maximum atomic E-state index is 4.48. The molecule has 0 N–H and O–H groups in total. The fourth-order valence-electron chi connectivity index (χ4n) is 2.27. The molecule has 2 aromatic heterocycles. The summed E-state index contributed by atoms with van der Waals surface area (Å²) in [6.07, 6.45) is 3.77. The zero-order chi connectivity index (χ0) is 13.4. The molecule has 0 aliphatic rings. The molecule has 3 nitrogen and oxygen atoms in total. The van der Waals surface area contributed by atoms with Crippen LogP contribution < -0.4 is 0 Å². The van der Waals surface area contributed by atoms with E-state index >= 15 is 0 Å². The molecule has 3 heteroatoms. The standard InChI is InChI=1S/C16H17N3/c1-11(2)12-6-7-17-15(8-12)13-4-5-14-10-18-19(3)16(14)9-13/h4-11H,1-3H3. The lowest BCUT2D eigenvalue weighted by atomic mass is 10.0. The van der Waals surface area contributed by atoms with E-state index in [9.17, 15) is 0 Å². The highest BCUT2D eigenvalue weighted by molar-refractivity contribution is 5.83. The maximum absolute atomic E-state index is 4.48. The lowest BCUT2D eigenvalue weighted by Gasteiger charge is -2.07. The van der Waals surface area contributed by atoms with Crippen molar-refractivity contribution in [1.29, 1.82) is 0 Å². The van der Waals surface area contributed by atoms with Gasteiger partial charge in [0.25, 0.3) is 0 Å². The van der Waals surface area contributed by atoms with Crippen LogP contribution in [0.1, 0.15) is 25.3 Å². The molecular weight excluding hydrogens is 234 g/mol. The maximum Gasteiger partial charge on any atom is 0.0705 e. The highest BCUT2D eigenvalue weighted by Gasteiger charge is 2.06. The minimum Gasteiger partial charge on any atom is -0.268 e. The van der Waals surface area contributed by atoms with Gasteiger partial charge < -0.3 is 0 Å². The summed E-state index contributed by atoms with van der Waals surface area (Å²) in [4.78, 5) is 4.48. The van der Waals surface area contributed by atoms with E-state index in [4.69, 9.17) is 0 Å². The molecule has 0 radical (unpaired) electrons. The van der Waals surface area contributed by atoms with Gasteiger partial charge in [-0.2, -0.15) is 5.10 Å². The molecular formula is C16H17N3. The number of hydrogen-bond donors (Lipinski definition) is 0. The summed E-state index contributed by atoms with van der Waals surface area (Å²) in [6, 6.07) is 10.6. The second-order valence-electron chi connectivity index (χ2n) is 5.17. The van der Waals surface area contributed by atoms with Crippen LogP contribution in [0.3, 0.4) is 0 Å². The molecule has 0 atom stereocenters. The Bertz CT molecular complexity index is 726. The zero-order valence-corrected chi connectivity index (χ0v) is 11.5. The van der Waals surface area contributed by atoms with E-state index in [0.717, 1.165) is 22.2 Å². The summed E-state index contributed by atoms with van der Waals surface area (Å²) in [5, 5.41) is 5.43. The van der Waals surface area contributed by atoms with Gasteiger partial charge >= 0.3 is 0 Å². The monoisotopic (exact) mass is 251 g/mol. The summed E-state index contributed by atoms with van der Waals surface area (Å²) in [5.41, 5.74) is 4.61. The predicted molar refractivity (Wildman–Crippen MR) is 78.0 cm³/mol. The lowest BCUT2D eigenvalue weighted by Crippen LogP contribution is -1.92. The Kier molecular flexibility index (Phi) is 2.82. The Hall–Kier alpha value is -2.16. The molecule has 0 aliphatic heterocycles. The van der Waals surface area contributed by atoms with Crippen LogP contribution in [0.25, 0.3) is 22.2 Å². The molecule has 3 rings (SSSR count). The van der Waals surface area contributed by atoms with Gasteiger partial charge in [-0.3, -0.25) is 9.67 Å². The third-order valence-corrected chi connectivity index (χ3v) is 3.50. The second kappa shape index (κ2) is 4.50. The molecule has 0 saturated heterocycles. The molecule has 19 heavy (non-hydrogen) atoms. The molecule has 0 unspecified atom stereocenters. The Morgan fingerprint density at radius 1 is 1.11 bits per heavy atom. The van der Waals surface area contributed by atoms with Crippen LogP contribution in [-0.4, -0.2) is 14.8 Å². The van der Waals surface area contributed by atoms with Crippen molar-refractivity contribution in [3.8, 4) is 11.3 Å². The second-order valence-corrected chi connectivity index (χ2v) is 5.17. The van der Waals surface area contributed by atoms with Gasteiger partial charge in [0.1, 0.15) is 0 Å². The highest BCUT2D eigenvalue weighted by atomic mass is 15.2. The van der Waals surface area contributed by atoms with Crippen molar-refractivity contribution in [2.24, 2.45) is 7.05 Å². The molecule has 2 heterocycles. The van der Waals surface area contributed by atoms with Crippen molar-refractivity contribution < 1.29 is 0 Å². The first kappa shape index (κ1) is 11.9. The third-order valence-electron chi connectivity index (χ3n) is 3.50. The Morgan fingerprint density at radius 2 is 1.95 bits per heavy atom. The normalized spacial score (nSPS) is 11.4. The summed E-state index contributed by atoms with van der Waals surface area (Å²) >= 11 is 0. The summed E-state index contributed by atoms with van der Waals surface area (Å²) in [6.45, 7) is 4.40. The first-order chi connectivity index (χ1) is 9.15. The Balaban J connectivity index is 2.13. The SMILES string of the molecule is CC(C)c1ccnc(-c2ccc3cnn(C)c3c2)c1. The quantitative estimate of drug-likeness (QED) is 0.694. The van der Waals surface area contributed by atoms with Crippen LogP contribution in [0, 0.1) is 0 Å². The smallest absolute Gasteiger partial charge is 0.0705 e. The van der Waals surface area contributed by atoms with Gasteiger partial charge in [0, 0.05) is 24.2 Å². The van der Waals surface area contributed by atoms with Crippen molar-refractivity contribution in [3.05, 3.63) is 48.3 Å². The van der Waals surface area contributed by atoms with Crippen molar-refractivity contribution in [1.82, 2.24) is 14.8 Å². The van der Waals surface area contributed by atoms with Crippen LogP contribution in [0.2, 0.25) is 0 Å². The minimum absolute atomic E-state index is 0.516. The molecule has 96 valence electrons. The van der Waals surface area contributed by atoms with Crippen LogP contribution >= 0.6 is 0 Å². The third kappa shape index (κ3) is 2.12. The number of aryl methyl sites for hydroxylation is 1. The molecule has 0 aliphatic carbocycles. The van der Waals surface area contributed by atoms with Gasteiger partial charge in [-0.15, -0.1) is 0 Å². The van der Waals surface area contributed by atoms with E-state index in [2.05, 4.69) is 54.3 Å². The number of pyridine rings is 1. The van der Waals surface area contributed by atoms with Gasteiger partial charge in [0.15, 0.2) is 0 Å². The van der Waals surface area contributed by atoms with E-state index in [-0.39, 0.29) is 0 Å². The largest absolute Gasteiger partial charge is 0.268 e. The van der Waals surface area contributed by atoms with Gasteiger partial charge in [-0.25, -0.2) is 0 Å². The topological polar surface area (TPSA) is 30.7 Å². The number of aromatic nitrogens is 3. The van der Waals surface area contributed by atoms with Gasteiger partial charge in [0.05, 0.1) is 17.4 Å². The first-order valence-corrected chi connectivity index (χ1v) is 6.53. The fraction of sp³-hybridized carbons (Fsp3) is 0.250. The zero-order valence-electron chi connectivity index (χ0n) is 11.5. The lowest BCUT2D eigenvalue weighted by molar-refractivity contribution is 0.797. The molecule has 3 aromatic rings. The summed E-state index contributed by atoms with van der Waals surface area (Å²) in [7, 11) is 1.96. The Labute approximate surface area is 112 Å². The number of benzene rings is 1. The first-order valence-electron chi connectivity index (χ1n) is 6.53. The predicted octanol–water partition coefficient (Wildman–Crippen LogP) is 3.76. The van der Waals surface area contributed by atoms with Crippen LogP contribution in [0.4, 0.5) is 0 Å². The van der Waals surface area contributed by atoms with Crippen molar-refractivity contribution >= 4 is 10.9 Å². The molecule has 1 aromatic carbocycles. The van der Waals surface area contributed by atoms with E-state index < -0.39 is 0 Å². The van der Waals surface area contributed by atoms with Crippen molar-refractivity contribution in [2.75, 3.05) is 0 Å². The molecule has 0 saturated carbocycles. The fourth-order valence-corrected chi connectivity index (χ4v) is 2.27. The number of fused-ring (bicyclic) bond motifs is 1.